The number of benzene rings is 2. The van der Waals surface area contributed by atoms with E-state index in [0.29, 0.717) is 0 Å². The first kappa shape index (κ1) is 15.4. The van der Waals surface area contributed by atoms with Gasteiger partial charge in [0.2, 0.25) is 0 Å². The molecule has 0 fully saturated rings. The fraction of sp³-hybridized carbons (Fsp3) is 0.250. The molecule has 0 aliphatic carbocycles. The third-order valence-corrected chi connectivity index (χ3v) is 4.81. The van der Waals surface area contributed by atoms with E-state index in [4.69, 9.17) is 9.47 Å². The van der Waals surface area contributed by atoms with Gasteiger partial charge < -0.3 is 9.47 Å². The summed E-state index contributed by atoms with van der Waals surface area (Å²) < 4.78 is 11.7. The van der Waals surface area contributed by atoms with E-state index in [1.165, 1.54) is 5.56 Å². The average molecular weight is 400 g/mol. The van der Waals surface area contributed by atoms with Crippen molar-refractivity contribution in [3.05, 3.63) is 57.6 Å². The molecule has 1 unspecified atom stereocenters. The Bertz CT molecular complexity index is 611. The molecule has 0 aromatic heterocycles. The fourth-order valence-electron chi connectivity index (χ4n) is 2.06. The molecule has 0 amide bonds. The standard InChI is InChI=1S/C16H16Br2O2/c1-10-4-7-15(20-3)13(8-10)16(18)12-6-5-11(19-2)9-14(12)17/h4-9,16H,1-3H3. The highest BCUT2D eigenvalue weighted by Gasteiger charge is 2.18. The number of hydrogen-bond acceptors (Lipinski definition) is 2. The zero-order valence-electron chi connectivity index (χ0n) is 11.6. The Morgan fingerprint density at radius 3 is 2.30 bits per heavy atom. The van der Waals surface area contributed by atoms with E-state index in [1.807, 2.05) is 30.3 Å². The molecule has 0 spiro atoms. The van der Waals surface area contributed by atoms with Crippen molar-refractivity contribution in [2.75, 3.05) is 14.2 Å². The minimum atomic E-state index is 0.0534. The lowest BCUT2D eigenvalue weighted by atomic mass is 10.0. The number of alkyl halides is 1. The third-order valence-electron chi connectivity index (χ3n) is 3.14. The predicted octanol–water partition coefficient (Wildman–Crippen LogP) is 5.26. The molecule has 4 heteroatoms. The van der Waals surface area contributed by atoms with Gasteiger partial charge >= 0.3 is 0 Å². The molecule has 0 heterocycles. The van der Waals surface area contributed by atoms with Crippen molar-refractivity contribution in [1.82, 2.24) is 0 Å². The van der Waals surface area contributed by atoms with Crippen LogP contribution in [0.2, 0.25) is 0 Å². The van der Waals surface area contributed by atoms with Gasteiger partial charge in [-0.2, -0.15) is 0 Å². The number of ether oxygens (including phenoxy) is 2. The van der Waals surface area contributed by atoms with Gasteiger partial charge in [0.1, 0.15) is 11.5 Å². The van der Waals surface area contributed by atoms with E-state index in [-0.39, 0.29) is 4.83 Å². The predicted molar refractivity (Wildman–Crippen MR) is 89.2 cm³/mol. The highest BCUT2D eigenvalue weighted by Crippen LogP contribution is 2.40. The molecule has 2 nitrogen and oxygen atoms in total. The highest BCUT2D eigenvalue weighted by atomic mass is 79.9. The van der Waals surface area contributed by atoms with Crippen LogP contribution in [0.4, 0.5) is 0 Å². The van der Waals surface area contributed by atoms with Crippen LogP contribution in [0.15, 0.2) is 40.9 Å². The van der Waals surface area contributed by atoms with Crippen molar-refractivity contribution >= 4 is 31.9 Å². The van der Waals surface area contributed by atoms with Crippen LogP contribution >= 0.6 is 31.9 Å². The Morgan fingerprint density at radius 1 is 0.950 bits per heavy atom. The number of halogens is 2. The molecular formula is C16H16Br2O2. The first-order chi connectivity index (χ1) is 9.56. The van der Waals surface area contributed by atoms with Crippen LogP contribution in [0.3, 0.4) is 0 Å². The largest absolute Gasteiger partial charge is 0.497 e. The summed E-state index contributed by atoms with van der Waals surface area (Å²) in [5.41, 5.74) is 3.45. The smallest absolute Gasteiger partial charge is 0.123 e. The molecule has 20 heavy (non-hydrogen) atoms. The molecule has 0 aliphatic heterocycles. The molecule has 106 valence electrons. The SMILES string of the molecule is COc1ccc(C(Br)c2cc(C)ccc2OC)c(Br)c1. The lowest BCUT2D eigenvalue weighted by molar-refractivity contribution is 0.410. The van der Waals surface area contributed by atoms with Gasteiger partial charge in [-0.3, -0.25) is 0 Å². The van der Waals surface area contributed by atoms with Crippen LogP contribution in [0, 0.1) is 6.92 Å². The third kappa shape index (κ3) is 3.18. The van der Waals surface area contributed by atoms with Crippen LogP contribution in [0.1, 0.15) is 21.5 Å². The van der Waals surface area contributed by atoms with Gasteiger partial charge in [0, 0.05) is 10.0 Å². The summed E-state index contributed by atoms with van der Waals surface area (Å²) >= 11 is 7.37. The van der Waals surface area contributed by atoms with Crippen molar-refractivity contribution in [1.29, 1.82) is 0 Å². The molecule has 0 radical (unpaired) electrons. The Morgan fingerprint density at radius 2 is 1.70 bits per heavy atom. The lowest BCUT2D eigenvalue weighted by Crippen LogP contribution is -1.99. The van der Waals surface area contributed by atoms with Gasteiger partial charge in [0.05, 0.1) is 19.0 Å². The van der Waals surface area contributed by atoms with Crippen LogP contribution in [-0.4, -0.2) is 14.2 Å². The molecule has 0 bridgehead atoms. The second kappa shape index (κ2) is 6.64. The molecule has 0 aliphatic rings. The molecule has 2 aromatic rings. The summed E-state index contributed by atoms with van der Waals surface area (Å²) in [4.78, 5) is 0.0534. The van der Waals surface area contributed by atoms with Crippen LogP contribution in [0.5, 0.6) is 11.5 Å². The van der Waals surface area contributed by atoms with Crippen LogP contribution < -0.4 is 9.47 Å². The molecule has 1 atom stereocenters. The van der Waals surface area contributed by atoms with E-state index in [1.54, 1.807) is 14.2 Å². The molecule has 2 rings (SSSR count). The topological polar surface area (TPSA) is 18.5 Å². The van der Waals surface area contributed by atoms with Crippen molar-refractivity contribution in [2.24, 2.45) is 0 Å². The molecular weight excluding hydrogens is 384 g/mol. The Labute approximate surface area is 136 Å². The van der Waals surface area contributed by atoms with Gasteiger partial charge in [-0.25, -0.2) is 0 Å². The second-order valence-electron chi connectivity index (χ2n) is 4.50. The summed E-state index contributed by atoms with van der Waals surface area (Å²) in [7, 11) is 3.35. The fourth-order valence-corrected chi connectivity index (χ4v) is 3.71. The van der Waals surface area contributed by atoms with Gasteiger partial charge in [0.25, 0.3) is 0 Å². The average Bonchev–Trinajstić information content (AvgIpc) is 2.46. The Hall–Kier alpha value is -1.00. The summed E-state index contributed by atoms with van der Waals surface area (Å²) in [5.74, 6) is 1.71. The highest BCUT2D eigenvalue weighted by molar-refractivity contribution is 9.11. The van der Waals surface area contributed by atoms with Crippen molar-refractivity contribution in [2.45, 2.75) is 11.8 Å². The van der Waals surface area contributed by atoms with Crippen molar-refractivity contribution in [3.63, 3.8) is 0 Å². The second-order valence-corrected chi connectivity index (χ2v) is 6.27. The van der Waals surface area contributed by atoms with Gasteiger partial charge in [0.15, 0.2) is 0 Å². The minimum absolute atomic E-state index is 0.0534. The monoisotopic (exact) mass is 398 g/mol. The maximum absolute atomic E-state index is 5.46. The molecule has 0 saturated carbocycles. The van der Waals surface area contributed by atoms with Crippen LogP contribution in [0.25, 0.3) is 0 Å². The zero-order chi connectivity index (χ0) is 14.7. The normalized spacial score (nSPS) is 12.1. The van der Waals surface area contributed by atoms with Crippen molar-refractivity contribution in [3.8, 4) is 11.5 Å². The Balaban J connectivity index is 2.45. The summed E-state index contributed by atoms with van der Waals surface area (Å²) in [6, 6.07) is 12.1. The number of methoxy groups -OCH3 is 2. The maximum Gasteiger partial charge on any atom is 0.123 e. The van der Waals surface area contributed by atoms with E-state index in [2.05, 4.69) is 44.8 Å². The first-order valence-corrected chi connectivity index (χ1v) is 7.89. The summed E-state index contributed by atoms with van der Waals surface area (Å²) in [5, 5.41) is 0. The van der Waals surface area contributed by atoms with Gasteiger partial charge in [-0.1, -0.05) is 55.6 Å². The maximum atomic E-state index is 5.46. The first-order valence-electron chi connectivity index (χ1n) is 6.19. The molecule has 0 N–H and O–H groups in total. The zero-order valence-corrected chi connectivity index (χ0v) is 14.8. The number of rotatable bonds is 4. The number of hydrogen-bond donors (Lipinski definition) is 0. The van der Waals surface area contributed by atoms with E-state index in [9.17, 15) is 0 Å². The van der Waals surface area contributed by atoms with E-state index >= 15 is 0 Å². The molecule has 0 saturated heterocycles. The Kier molecular flexibility index (Phi) is 5.11. The van der Waals surface area contributed by atoms with Crippen molar-refractivity contribution < 1.29 is 9.47 Å². The molecule has 2 aromatic carbocycles. The van der Waals surface area contributed by atoms with E-state index in [0.717, 1.165) is 27.1 Å². The quantitative estimate of drug-likeness (QED) is 0.653. The minimum Gasteiger partial charge on any atom is -0.497 e. The summed E-state index contributed by atoms with van der Waals surface area (Å²) in [6.45, 7) is 2.08. The lowest BCUT2D eigenvalue weighted by Gasteiger charge is -2.17. The summed E-state index contributed by atoms with van der Waals surface area (Å²) in [6.07, 6.45) is 0. The van der Waals surface area contributed by atoms with Gasteiger partial charge in [-0.05, 0) is 30.7 Å². The van der Waals surface area contributed by atoms with E-state index < -0.39 is 0 Å². The van der Waals surface area contributed by atoms with Crippen LogP contribution in [-0.2, 0) is 0 Å². The number of aryl methyl sites for hydroxylation is 1. The van der Waals surface area contributed by atoms with Gasteiger partial charge in [-0.15, -0.1) is 0 Å².